The summed E-state index contributed by atoms with van der Waals surface area (Å²) >= 11 is 0. The number of aromatic nitrogens is 1. The summed E-state index contributed by atoms with van der Waals surface area (Å²) in [6, 6.07) is 5.07. The third-order valence-electron chi connectivity index (χ3n) is 5.76. The predicted molar refractivity (Wildman–Crippen MR) is 126 cm³/mol. The molecule has 0 radical (unpaired) electrons. The Hall–Kier alpha value is -1.09. The average Bonchev–Trinajstić information content (AvgIpc) is 3.30. The highest BCUT2D eigenvalue weighted by molar-refractivity contribution is 14.0. The van der Waals surface area contributed by atoms with Crippen LogP contribution >= 0.6 is 24.0 Å². The molecule has 3 rings (SSSR count). The van der Waals surface area contributed by atoms with E-state index in [1.807, 2.05) is 19.3 Å². The molecule has 2 aliphatic rings. The molecule has 1 aliphatic carbocycles. The average molecular weight is 501 g/mol. The van der Waals surface area contributed by atoms with E-state index in [1.54, 1.807) is 0 Å². The Bertz CT molecular complexity index is 616. The molecule has 7 heteroatoms. The second kappa shape index (κ2) is 11.2. The van der Waals surface area contributed by atoms with Gasteiger partial charge in [-0.25, -0.2) is 4.98 Å². The Kier molecular flexibility index (Phi) is 9.27. The molecule has 1 saturated heterocycles. The summed E-state index contributed by atoms with van der Waals surface area (Å²) in [4.78, 5) is 11.4. The van der Waals surface area contributed by atoms with Crippen LogP contribution in [0, 0.1) is 5.92 Å². The van der Waals surface area contributed by atoms with Crippen LogP contribution in [0.1, 0.15) is 52.0 Å². The number of hydrogen-bond acceptors (Lipinski definition) is 4. The molecule has 0 aromatic carbocycles. The van der Waals surface area contributed by atoms with Crippen LogP contribution in [0.2, 0.25) is 0 Å². The number of ether oxygens (including phenoxy) is 1. The van der Waals surface area contributed by atoms with Gasteiger partial charge in [0, 0.05) is 51.0 Å². The molecule has 1 aromatic rings. The van der Waals surface area contributed by atoms with E-state index in [0.29, 0.717) is 30.7 Å². The zero-order valence-corrected chi connectivity index (χ0v) is 20.0. The van der Waals surface area contributed by atoms with Gasteiger partial charge in [-0.05, 0) is 51.0 Å². The number of pyridine rings is 1. The number of rotatable bonds is 6. The topological polar surface area (TPSA) is 61.8 Å². The van der Waals surface area contributed by atoms with Crippen molar-refractivity contribution in [3.63, 3.8) is 0 Å². The van der Waals surface area contributed by atoms with Crippen molar-refractivity contribution in [2.24, 2.45) is 10.9 Å². The maximum Gasteiger partial charge on any atom is 0.213 e. The highest BCUT2D eigenvalue weighted by Crippen LogP contribution is 2.23. The molecule has 0 amide bonds. The summed E-state index contributed by atoms with van der Waals surface area (Å²) in [6.45, 7) is 9.73. The van der Waals surface area contributed by atoms with Crippen molar-refractivity contribution in [3.8, 4) is 5.88 Å². The van der Waals surface area contributed by atoms with E-state index in [-0.39, 0.29) is 24.0 Å². The summed E-state index contributed by atoms with van der Waals surface area (Å²) in [5.74, 6) is 2.20. The van der Waals surface area contributed by atoms with Crippen LogP contribution in [0.5, 0.6) is 5.88 Å². The molecule has 1 aliphatic heterocycles. The molecular weight excluding hydrogens is 465 g/mol. The lowest BCUT2D eigenvalue weighted by molar-refractivity contribution is 0.201. The maximum absolute atomic E-state index is 5.93. The van der Waals surface area contributed by atoms with E-state index in [9.17, 15) is 0 Å². The van der Waals surface area contributed by atoms with Crippen molar-refractivity contribution in [1.82, 2.24) is 20.5 Å². The summed E-state index contributed by atoms with van der Waals surface area (Å²) in [5, 5.41) is 6.99. The largest absolute Gasteiger partial charge is 0.474 e. The fourth-order valence-corrected chi connectivity index (χ4v) is 3.93. The first-order valence-electron chi connectivity index (χ1n) is 10.4. The molecule has 0 bridgehead atoms. The van der Waals surface area contributed by atoms with Gasteiger partial charge in [-0.2, -0.15) is 0 Å². The lowest BCUT2D eigenvalue weighted by Crippen LogP contribution is -2.46. The van der Waals surface area contributed by atoms with Gasteiger partial charge >= 0.3 is 0 Å². The summed E-state index contributed by atoms with van der Waals surface area (Å²) in [7, 11) is 1.83. The summed E-state index contributed by atoms with van der Waals surface area (Å²) in [5.41, 5.74) is 1.12. The van der Waals surface area contributed by atoms with E-state index in [1.165, 1.54) is 12.8 Å². The van der Waals surface area contributed by atoms with Gasteiger partial charge in [0.05, 0.1) is 0 Å². The zero-order valence-electron chi connectivity index (χ0n) is 17.6. The quantitative estimate of drug-likeness (QED) is 0.356. The highest BCUT2D eigenvalue weighted by atomic mass is 127. The number of aliphatic imine (C=N–C) groups is 1. The van der Waals surface area contributed by atoms with Gasteiger partial charge in [-0.3, -0.25) is 9.89 Å². The highest BCUT2D eigenvalue weighted by Gasteiger charge is 2.31. The molecule has 1 aromatic heterocycles. The molecule has 2 atom stereocenters. The first-order valence-corrected chi connectivity index (χ1v) is 10.4. The summed E-state index contributed by atoms with van der Waals surface area (Å²) < 4.78 is 5.93. The van der Waals surface area contributed by atoms with E-state index in [0.717, 1.165) is 43.3 Å². The van der Waals surface area contributed by atoms with Crippen molar-refractivity contribution in [3.05, 3.63) is 23.9 Å². The molecule has 158 valence electrons. The van der Waals surface area contributed by atoms with Gasteiger partial charge in [0.1, 0.15) is 6.10 Å². The minimum Gasteiger partial charge on any atom is -0.474 e. The number of guanidine groups is 1. The molecule has 2 N–H and O–H groups in total. The second-order valence-corrected chi connectivity index (χ2v) is 8.23. The van der Waals surface area contributed by atoms with Gasteiger partial charge < -0.3 is 15.4 Å². The Morgan fingerprint density at radius 3 is 2.61 bits per heavy atom. The first-order chi connectivity index (χ1) is 13.0. The number of likely N-dealkylation sites (tertiary alicyclic amines) is 1. The second-order valence-electron chi connectivity index (χ2n) is 8.23. The maximum atomic E-state index is 5.93. The van der Waals surface area contributed by atoms with E-state index in [2.05, 4.69) is 52.3 Å². The standard InChI is InChI=1S/C21H35N5O.HI/c1-15(2)26-13-16(3)19(14-26)25-21(22-4)24-12-17-9-10-20(23-11-17)27-18-7-5-6-8-18;/h9-11,15-16,18-19H,5-8,12-14H2,1-4H3,(H2,22,24,25);1H. The Labute approximate surface area is 186 Å². The fourth-order valence-electron chi connectivity index (χ4n) is 3.93. The molecule has 6 nitrogen and oxygen atoms in total. The minimum atomic E-state index is 0. The smallest absolute Gasteiger partial charge is 0.213 e. The van der Waals surface area contributed by atoms with E-state index >= 15 is 0 Å². The molecule has 2 unspecified atom stereocenters. The third kappa shape index (κ3) is 6.47. The number of nitrogens with one attached hydrogen (secondary N) is 2. The van der Waals surface area contributed by atoms with Crippen molar-refractivity contribution in [2.75, 3.05) is 20.1 Å². The van der Waals surface area contributed by atoms with Crippen molar-refractivity contribution < 1.29 is 4.74 Å². The molecule has 1 saturated carbocycles. The first kappa shape index (κ1) is 23.2. The predicted octanol–water partition coefficient (Wildman–Crippen LogP) is 3.41. The van der Waals surface area contributed by atoms with Crippen LogP contribution in [-0.4, -0.2) is 54.2 Å². The van der Waals surface area contributed by atoms with Crippen LogP contribution in [0.25, 0.3) is 0 Å². The zero-order chi connectivity index (χ0) is 19.2. The van der Waals surface area contributed by atoms with E-state index < -0.39 is 0 Å². The van der Waals surface area contributed by atoms with E-state index in [4.69, 9.17) is 4.74 Å². The van der Waals surface area contributed by atoms with Gasteiger partial charge in [0.25, 0.3) is 0 Å². The number of hydrogen-bond donors (Lipinski definition) is 2. The minimum absolute atomic E-state index is 0. The fraction of sp³-hybridized carbons (Fsp3) is 0.714. The number of halogens is 1. The van der Waals surface area contributed by atoms with Gasteiger partial charge in [0.2, 0.25) is 5.88 Å². The SMILES string of the molecule is CN=C(NCc1ccc(OC2CCCC2)nc1)NC1CN(C(C)C)CC1C.I. The lowest BCUT2D eigenvalue weighted by Gasteiger charge is -2.22. The summed E-state index contributed by atoms with van der Waals surface area (Å²) in [6.07, 6.45) is 7.09. The molecule has 28 heavy (non-hydrogen) atoms. The Morgan fingerprint density at radius 2 is 2.04 bits per heavy atom. The van der Waals surface area contributed by atoms with Crippen LogP contribution in [0.15, 0.2) is 23.3 Å². The molecule has 2 heterocycles. The number of nitrogens with zero attached hydrogens (tertiary/aromatic N) is 3. The van der Waals surface area contributed by atoms with Crippen molar-refractivity contribution in [1.29, 1.82) is 0 Å². The normalized spacial score (nSPS) is 23.7. The Morgan fingerprint density at radius 1 is 1.29 bits per heavy atom. The van der Waals surface area contributed by atoms with Crippen LogP contribution in [0.4, 0.5) is 0 Å². The lowest BCUT2D eigenvalue weighted by atomic mass is 10.1. The molecule has 2 fully saturated rings. The molecular formula is C21H36IN5O. The van der Waals surface area contributed by atoms with Crippen LogP contribution < -0.4 is 15.4 Å². The van der Waals surface area contributed by atoms with Gasteiger partial charge in [0.15, 0.2) is 5.96 Å². The van der Waals surface area contributed by atoms with Gasteiger partial charge in [-0.1, -0.05) is 13.0 Å². The third-order valence-corrected chi connectivity index (χ3v) is 5.76. The monoisotopic (exact) mass is 501 g/mol. The molecule has 0 spiro atoms. The Balaban J connectivity index is 0.00000280. The van der Waals surface area contributed by atoms with Crippen LogP contribution in [-0.2, 0) is 6.54 Å². The van der Waals surface area contributed by atoms with Crippen molar-refractivity contribution in [2.45, 2.75) is 71.2 Å². The van der Waals surface area contributed by atoms with Gasteiger partial charge in [-0.15, -0.1) is 24.0 Å². The van der Waals surface area contributed by atoms with Crippen LogP contribution in [0.3, 0.4) is 0 Å². The van der Waals surface area contributed by atoms with Crippen molar-refractivity contribution >= 4 is 29.9 Å².